The fourth-order valence-electron chi connectivity index (χ4n) is 3.38. The molecule has 0 unspecified atom stereocenters. The van der Waals surface area contributed by atoms with Gasteiger partial charge in [-0.25, -0.2) is 14.4 Å². The van der Waals surface area contributed by atoms with Crippen LogP contribution in [0.3, 0.4) is 0 Å². The van der Waals surface area contributed by atoms with Crippen LogP contribution in [-0.2, 0) is 0 Å². The molecule has 0 saturated carbocycles. The van der Waals surface area contributed by atoms with Crippen molar-refractivity contribution < 1.29 is 4.39 Å². The Hall–Kier alpha value is -3.54. The van der Waals surface area contributed by atoms with Crippen LogP contribution in [0.15, 0.2) is 85.2 Å². The van der Waals surface area contributed by atoms with E-state index in [1.807, 2.05) is 54.6 Å². The van der Waals surface area contributed by atoms with E-state index in [2.05, 4.69) is 10.3 Å². The van der Waals surface area contributed by atoms with Gasteiger partial charge in [-0.2, -0.15) is 0 Å². The molecule has 7 heteroatoms. The maximum Gasteiger partial charge on any atom is 0.163 e. The highest BCUT2D eigenvalue weighted by molar-refractivity contribution is 6.31. The Balaban J connectivity index is 1.67. The first-order chi connectivity index (χ1) is 15.6. The summed E-state index contributed by atoms with van der Waals surface area (Å²) >= 11 is 12.0. The van der Waals surface area contributed by atoms with E-state index in [1.54, 1.807) is 18.5 Å². The van der Waals surface area contributed by atoms with Crippen LogP contribution in [0.4, 0.5) is 15.9 Å². The van der Waals surface area contributed by atoms with Crippen LogP contribution < -0.4 is 5.32 Å². The van der Waals surface area contributed by atoms with E-state index in [9.17, 15) is 4.39 Å². The summed E-state index contributed by atoms with van der Waals surface area (Å²) in [5.41, 5.74) is 4.17. The van der Waals surface area contributed by atoms with Crippen molar-refractivity contribution in [2.75, 3.05) is 5.32 Å². The van der Waals surface area contributed by atoms with E-state index < -0.39 is 5.82 Å². The monoisotopic (exact) mass is 460 g/mol. The number of hydrogen-bond donors (Lipinski definition) is 1. The smallest absolute Gasteiger partial charge is 0.163 e. The van der Waals surface area contributed by atoms with Gasteiger partial charge in [0.05, 0.1) is 10.5 Å². The van der Waals surface area contributed by atoms with Crippen LogP contribution in [0, 0.1) is 5.82 Å². The number of halogens is 3. The third kappa shape index (κ3) is 4.13. The van der Waals surface area contributed by atoms with E-state index in [1.165, 1.54) is 12.1 Å². The predicted molar refractivity (Wildman–Crippen MR) is 128 cm³/mol. The lowest BCUT2D eigenvalue weighted by atomic mass is 10.0. The van der Waals surface area contributed by atoms with E-state index in [4.69, 9.17) is 33.2 Å². The molecule has 0 bridgehead atoms. The van der Waals surface area contributed by atoms with Gasteiger partial charge in [0.1, 0.15) is 11.6 Å². The van der Waals surface area contributed by atoms with Crippen molar-refractivity contribution in [1.29, 1.82) is 0 Å². The Morgan fingerprint density at radius 3 is 2.34 bits per heavy atom. The van der Waals surface area contributed by atoms with Crippen LogP contribution in [0.2, 0.25) is 10.0 Å². The summed E-state index contributed by atoms with van der Waals surface area (Å²) in [6.07, 6.45) is 3.41. The van der Waals surface area contributed by atoms with Gasteiger partial charge in [-0.1, -0.05) is 41.4 Å². The Kier molecular flexibility index (Phi) is 5.43. The van der Waals surface area contributed by atoms with Crippen LogP contribution in [-0.4, -0.2) is 15.0 Å². The lowest BCUT2D eigenvalue weighted by Crippen LogP contribution is -2.00. The van der Waals surface area contributed by atoms with Gasteiger partial charge in [-0.05, 0) is 65.7 Å². The molecule has 0 fully saturated rings. The zero-order valence-corrected chi connectivity index (χ0v) is 18.1. The average Bonchev–Trinajstić information content (AvgIpc) is 2.82. The highest BCUT2D eigenvalue weighted by Crippen LogP contribution is 2.32. The molecule has 4 nitrogen and oxygen atoms in total. The number of fused-ring (bicyclic) bond motifs is 1. The van der Waals surface area contributed by atoms with Gasteiger partial charge in [0.15, 0.2) is 5.82 Å². The van der Waals surface area contributed by atoms with Crippen molar-refractivity contribution in [3.8, 4) is 22.5 Å². The zero-order chi connectivity index (χ0) is 22.1. The molecule has 0 atom stereocenters. The van der Waals surface area contributed by atoms with Gasteiger partial charge in [0.2, 0.25) is 0 Å². The van der Waals surface area contributed by atoms with Gasteiger partial charge in [-0.3, -0.25) is 4.98 Å². The van der Waals surface area contributed by atoms with Crippen LogP contribution in [0.5, 0.6) is 0 Å². The molecule has 32 heavy (non-hydrogen) atoms. The minimum atomic E-state index is -0.481. The van der Waals surface area contributed by atoms with Crippen molar-refractivity contribution in [3.05, 3.63) is 101 Å². The van der Waals surface area contributed by atoms with Crippen molar-refractivity contribution in [3.63, 3.8) is 0 Å². The average molecular weight is 461 g/mol. The van der Waals surface area contributed by atoms with Gasteiger partial charge >= 0.3 is 0 Å². The summed E-state index contributed by atoms with van der Waals surface area (Å²) in [4.78, 5) is 13.6. The number of rotatable bonds is 4. The van der Waals surface area contributed by atoms with Gasteiger partial charge in [-0.15, -0.1) is 0 Å². The van der Waals surface area contributed by atoms with Crippen LogP contribution >= 0.6 is 23.2 Å². The number of aromatic nitrogens is 3. The second-order valence-electron chi connectivity index (χ2n) is 7.13. The Morgan fingerprint density at radius 2 is 1.59 bits per heavy atom. The summed E-state index contributed by atoms with van der Waals surface area (Å²) in [5.74, 6) is 0.624. The quantitative estimate of drug-likeness (QED) is 0.300. The molecule has 156 valence electrons. The summed E-state index contributed by atoms with van der Waals surface area (Å²) in [5, 5.41) is 4.79. The first-order valence-corrected chi connectivity index (χ1v) is 10.5. The molecule has 0 aliphatic heterocycles. The minimum Gasteiger partial charge on any atom is -0.340 e. The van der Waals surface area contributed by atoms with E-state index >= 15 is 0 Å². The molecule has 0 aliphatic carbocycles. The van der Waals surface area contributed by atoms with Gasteiger partial charge in [0, 0.05) is 34.1 Å². The molecule has 3 aromatic carbocycles. The van der Waals surface area contributed by atoms with Gasteiger partial charge < -0.3 is 5.32 Å². The normalized spacial score (nSPS) is 11.0. The highest BCUT2D eigenvalue weighted by Gasteiger charge is 2.12. The second-order valence-corrected chi connectivity index (χ2v) is 7.97. The number of nitrogens with one attached hydrogen (secondary N) is 1. The Morgan fingerprint density at radius 1 is 0.781 bits per heavy atom. The maximum atomic E-state index is 13.6. The predicted octanol–water partition coefficient (Wildman–Crippen LogP) is 7.55. The number of pyridine rings is 1. The maximum absolute atomic E-state index is 13.6. The first kappa shape index (κ1) is 20.4. The summed E-state index contributed by atoms with van der Waals surface area (Å²) in [6, 6.07) is 21.8. The second kappa shape index (κ2) is 8.54. The number of nitrogens with zero attached hydrogens (tertiary/aromatic N) is 3. The molecule has 0 aliphatic rings. The molecule has 5 aromatic rings. The standard InChI is InChI=1S/C25H15Cl2FN4/c26-18-6-3-15(4-7-18)16-5-10-23-20(12-16)25(30-19-8-9-22(28)21(27)13-19)32-24(31-23)17-2-1-11-29-14-17/h1-14H,(H,30,31,32). The SMILES string of the molecule is Fc1ccc(Nc2nc(-c3cccnc3)nc3ccc(-c4ccc(Cl)cc4)cc23)cc1Cl. The molecule has 0 radical (unpaired) electrons. The lowest BCUT2D eigenvalue weighted by molar-refractivity contribution is 0.628. The summed E-state index contributed by atoms with van der Waals surface area (Å²) in [6.45, 7) is 0. The van der Waals surface area contributed by atoms with Crippen LogP contribution in [0.1, 0.15) is 0 Å². The fourth-order valence-corrected chi connectivity index (χ4v) is 3.69. The van der Waals surface area contributed by atoms with Crippen LogP contribution in [0.25, 0.3) is 33.4 Å². The molecule has 0 amide bonds. The number of benzene rings is 3. The third-order valence-electron chi connectivity index (χ3n) is 4.98. The molecule has 2 heterocycles. The molecule has 5 rings (SSSR count). The first-order valence-electron chi connectivity index (χ1n) is 9.77. The summed E-state index contributed by atoms with van der Waals surface area (Å²) < 4.78 is 13.6. The molecular weight excluding hydrogens is 446 g/mol. The minimum absolute atomic E-state index is 0.0303. The molecular formula is C25H15Cl2FN4. The summed E-state index contributed by atoms with van der Waals surface area (Å²) in [7, 11) is 0. The highest BCUT2D eigenvalue weighted by atomic mass is 35.5. The third-order valence-corrected chi connectivity index (χ3v) is 5.52. The van der Waals surface area contributed by atoms with Crippen molar-refractivity contribution >= 4 is 45.6 Å². The zero-order valence-electron chi connectivity index (χ0n) is 16.6. The van der Waals surface area contributed by atoms with Crippen molar-refractivity contribution in [1.82, 2.24) is 15.0 Å². The molecule has 2 aromatic heterocycles. The van der Waals surface area contributed by atoms with Crippen molar-refractivity contribution in [2.45, 2.75) is 0 Å². The topological polar surface area (TPSA) is 50.7 Å². The van der Waals surface area contributed by atoms with Gasteiger partial charge in [0.25, 0.3) is 0 Å². The molecule has 1 N–H and O–H groups in total. The molecule has 0 spiro atoms. The Bertz CT molecular complexity index is 1420. The molecule has 0 saturated heterocycles. The lowest BCUT2D eigenvalue weighted by Gasteiger charge is -2.13. The van der Waals surface area contributed by atoms with E-state index in [-0.39, 0.29) is 5.02 Å². The van der Waals surface area contributed by atoms with Crippen molar-refractivity contribution in [2.24, 2.45) is 0 Å². The van der Waals surface area contributed by atoms with E-state index in [0.717, 1.165) is 27.6 Å². The number of anilines is 2. The fraction of sp³-hybridized carbons (Fsp3) is 0. The Labute approximate surface area is 193 Å². The van der Waals surface area contributed by atoms with E-state index in [0.29, 0.717) is 22.4 Å². The largest absolute Gasteiger partial charge is 0.340 e. The number of hydrogen-bond acceptors (Lipinski definition) is 4.